The van der Waals surface area contributed by atoms with E-state index in [1.807, 2.05) is 0 Å². The van der Waals surface area contributed by atoms with Gasteiger partial charge in [0.25, 0.3) is 5.91 Å². The predicted octanol–water partition coefficient (Wildman–Crippen LogP) is 3.58. The van der Waals surface area contributed by atoms with Gasteiger partial charge >= 0.3 is 0 Å². The molecule has 0 saturated carbocycles. The number of amides is 1. The molecule has 1 rings (SSSR count). The number of hydrogen-bond donors (Lipinski definition) is 0. The number of carbonyl (C=O) groups excluding carboxylic acids is 1. The monoisotopic (exact) mass is 397 g/mol. The maximum atomic E-state index is 12.2. The first kappa shape index (κ1) is 16.0. The van der Waals surface area contributed by atoms with Gasteiger partial charge in [-0.3, -0.25) is 4.79 Å². The number of ether oxygens (including phenoxy) is 1. The SMILES string of the molecule is COCC(Br)CN(C)C(=O)c1ccc(Br)cc1Cl. The molecule has 0 aliphatic carbocycles. The summed E-state index contributed by atoms with van der Waals surface area (Å²) in [6, 6.07) is 5.22. The zero-order valence-corrected chi connectivity index (χ0v) is 14.0. The third-order valence-electron chi connectivity index (χ3n) is 2.33. The molecule has 6 heteroatoms. The minimum Gasteiger partial charge on any atom is -0.383 e. The fourth-order valence-corrected chi connectivity index (χ4v) is 2.94. The van der Waals surface area contributed by atoms with Crippen molar-refractivity contribution in [2.75, 3.05) is 27.3 Å². The first-order valence-corrected chi connectivity index (χ1v) is 7.38. The molecule has 0 radical (unpaired) electrons. The Labute approximate surface area is 129 Å². The van der Waals surface area contributed by atoms with Crippen LogP contribution in [0.5, 0.6) is 0 Å². The highest BCUT2D eigenvalue weighted by Crippen LogP contribution is 2.22. The second-order valence-electron chi connectivity index (χ2n) is 3.86. The molecule has 100 valence electrons. The summed E-state index contributed by atoms with van der Waals surface area (Å²) in [6.45, 7) is 1.10. The van der Waals surface area contributed by atoms with Gasteiger partial charge in [-0.2, -0.15) is 0 Å². The maximum absolute atomic E-state index is 12.2. The van der Waals surface area contributed by atoms with Crippen LogP contribution >= 0.6 is 43.5 Å². The van der Waals surface area contributed by atoms with Crippen LogP contribution in [0.2, 0.25) is 5.02 Å². The second-order valence-corrected chi connectivity index (χ2v) is 6.48. The van der Waals surface area contributed by atoms with Crippen LogP contribution in [0, 0.1) is 0 Å². The topological polar surface area (TPSA) is 29.5 Å². The van der Waals surface area contributed by atoms with Crippen LogP contribution in [0.3, 0.4) is 0 Å². The molecule has 0 aliphatic rings. The lowest BCUT2D eigenvalue weighted by Crippen LogP contribution is -2.33. The fourth-order valence-electron chi connectivity index (χ4n) is 1.48. The Morgan fingerprint density at radius 3 is 2.78 bits per heavy atom. The van der Waals surface area contributed by atoms with Crippen molar-refractivity contribution in [1.29, 1.82) is 0 Å². The minimum absolute atomic E-state index is 0.102. The normalized spacial score (nSPS) is 12.3. The zero-order chi connectivity index (χ0) is 13.7. The summed E-state index contributed by atoms with van der Waals surface area (Å²) in [7, 11) is 3.37. The van der Waals surface area contributed by atoms with Crippen LogP contribution in [0.25, 0.3) is 0 Å². The highest BCUT2D eigenvalue weighted by Gasteiger charge is 2.17. The summed E-state index contributed by atoms with van der Waals surface area (Å²) in [4.78, 5) is 13.9. The number of carbonyl (C=O) groups is 1. The molecule has 1 amide bonds. The van der Waals surface area contributed by atoms with Crippen molar-refractivity contribution in [1.82, 2.24) is 4.90 Å². The van der Waals surface area contributed by atoms with Crippen molar-refractivity contribution in [3.05, 3.63) is 33.3 Å². The van der Waals surface area contributed by atoms with Gasteiger partial charge in [0.2, 0.25) is 0 Å². The Morgan fingerprint density at radius 1 is 1.56 bits per heavy atom. The van der Waals surface area contributed by atoms with Gasteiger partial charge in [0, 0.05) is 25.2 Å². The molecule has 1 unspecified atom stereocenters. The van der Waals surface area contributed by atoms with Crippen molar-refractivity contribution in [3.8, 4) is 0 Å². The highest BCUT2D eigenvalue weighted by atomic mass is 79.9. The number of methoxy groups -OCH3 is 1. The summed E-state index contributed by atoms with van der Waals surface area (Å²) in [5.74, 6) is -0.104. The first-order chi connectivity index (χ1) is 8.45. The number of alkyl halides is 1. The summed E-state index contributed by atoms with van der Waals surface area (Å²) in [6.07, 6.45) is 0. The fraction of sp³-hybridized carbons (Fsp3) is 0.417. The molecule has 1 aromatic rings. The van der Waals surface area contributed by atoms with Gasteiger partial charge in [0.1, 0.15) is 0 Å². The minimum atomic E-state index is -0.104. The van der Waals surface area contributed by atoms with E-state index in [0.717, 1.165) is 4.47 Å². The summed E-state index contributed by atoms with van der Waals surface area (Å²) in [5, 5.41) is 0.444. The molecule has 0 saturated heterocycles. The lowest BCUT2D eigenvalue weighted by Gasteiger charge is -2.20. The lowest BCUT2D eigenvalue weighted by molar-refractivity contribution is 0.0784. The Bertz CT molecular complexity index is 429. The van der Waals surface area contributed by atoms with Crippen LogP contribution < -0.4 is 0 Å². The molecule has 3 nitrogen and oxygen atoms in total. The van der Waals surface area contributed by atoms with E-state index in [1.165, 1.54) is 0 Å². The third kappa shape index (κ3) is 4.53. The van der Waals surface area contributed by atoms with Crippen molar-refractivity contribution < 1.29 is 9.53 Å². The van der Waals surface area contributed by atoms with Crippen LogP contribution in [0.15, 0.2) is 22.7 Å². The molecule has 0 N–H and O–H groups in total. The molecule has 18 heavy (non-hydrogen) atoms. The van der Waals surface area contributed by atoms with Gasteiger partial charge in [-0.25, -0.2) is 0 Å². The van der Waals surface area contributed by atoms with E-state index < -0.39 is 0 Å². The van der Waals surface area contributed by atoms with Gasteiger partial charge in [-0.1, -0.05) is 43.5 Å². The summed E-state index contributed by atoms with van der Waals surface area (Å²) >= 11 is 12.8. The largest absolute Gasteiger partial charge is 0.383 e. The number of nitrogens with zero attached hydrogens (tertiary/aromatic N) is 1. The Balaban J connectivity index is 2.74. The van der Waals surface area contributed by atoms with E-state index in [1.54, 1.807) is 37.3 Å². The van der Waals surface area contributed by atoms with Crippen LogP contribution in [0.1, 0.15) is 10.4 Å². The smallest absolute Gasteiger partial charge is 0.255 e. The number of rotatable bonds is 5. The van der Waals surface area contributed by atoms with Crippen molar-refractivity contribution >= 4 is 49.4 Å². The molecule has 0 bridgehead atoms. The zero-order valence-electron chi connectivity index (χ0n) is 10.1. The quantitative estimate of drug-likeness (QED) is 0.709. The van der Waals surface area contributed by atoms with E-state index in [9.17, 15) is 4.79 Å². The lowest BCUT2D eigenvalue weighted by atomic mass is 10.2. The molecule has 0 fully saturated rings. The molecule has 1 aromatic carbocycles. The first-order valence-electron chi connectivity index (χ1n) is 5.29. The molecule has 1 atom stereocenters. The molecule has 0 spiro atoms. The number of hydrogen-bond acceptors (Lipinski definition) is 2. The van der Waals surface area contributed by atoms with Crippen LogP contribution in [-0.4, -0.2) is 42.9 Å². The molecule has 0 aliphatic heterocycles. The summed E-state index contributed by atoms with van der Waals surface area (Å²) < 4.78 is 5.86. The third-order valence-corrected chi connectivity index (χ3v) is 3.69. The molecule has 0 aromatic heterocycles. The van der Waals surface area contributed by atoms with Crippen molar-refractivity contribution in [3.63, 3.8) is 0 Å². The number of benzene rings is 1. The second kappa shape index (κ2) is 7.48. The molecular formula is C12H14Br2ClNO2. The van der Waals surface area contributed by atoms with Crippen LogP contribution in [-0.2, 0) is 4.74 Å². The van der Waals surface area contributed by atoms with Gasteiger partial charge in [-0.15, -0.1) is 0 Å². The molecule has 0 heterocycles. The Morgan fingerprint density at radius 2 is 2.22 bits per heavy atom. The summed E-state index contributed by atoms with van der Waals surface area (Å²) in [5.41, 5.74) is 0.500. The maximum Gasteiger partial charge on any atom is 0.255 e. The van der Waals surface area contributed by atoms with Gasteiger partial charge in [0.15, 0.2) is 0 Å². The van der Waals surface area contributed by atoms with E-state index in [4.69, 9.17) is 16.3 Å². The average Bonchev–Trinajstić information content (AvgIpc) is 2.28. The van der Waals surface area contributed by atoms with Gasteiger partial charge in [-0.05, 0) is 18.2 Å². The average molecular weight is 400 g/mol. The van der Waals surface area contributed by atoms with E-state index in [2.05, 4.69) is 31.9 Å². The van der Waals surface area contributed by atoms with Crippen molar-refractivity contribution in [2.24, 2.45) is 0 Å². The van der Waals surface area contributed by atoms with Crippen molar-refractivity contribution in [2.45, 2.75) is 4.83 Å². The highest BCUT2D eigenvalue weighted by molar-refractivity contribution is 9.10. The Hall–Kier alpha value is -0.100. The Kier molecular flexibility index (Phi) is 6.63. The van der Waals surface area contributed by atoms with Gasteiger partial charge in [0.05, 0.1) is 22.0 Å². The predicted molar refractivity (Wildman–Crippen MR) is 80.7 cm³/mol. The van der Waals surface area contributed by atoms with E-state index in [0.29, 0.717) is 23.7 Å². The standard InChI is InChI=1S/C12H14Br2ClNO2/c1-16(6-9(14)7-18-2)12(17)10-4-3-8(13)5-11(10)15/h3-5,9H,6-7H2,1-2H3. The molecular weight excluding hydrogens is 385 g/mol. The van der Waals surface area contributed by atoms with E-state index in [-0.39, 0.29) is 10.7 Å². The van der Waals surface area contributed by atoms with Gasteiger partial charge < -0.3 is 9.64 Å². The van der Waals surface area contributed by atoms with Crippen LogP contribution in [0.4, 0.5) is 0 Å². The van der Waals surface area contributed by atoms with E-state index >= 15 is 0 Å². The number of halogens is 3.